The monoisotopic (exact) mass is 560 g/mol. The first-order chi connectivity index (χ1) is 18.9. The van der Waals surface area contributed by atoms with Gasteiger partial charge in [-0.1, -0.05) is 37.8 Å². The summed E-state index contributed by atoms with van der Waals surface area (Å²) in [4.78, 5) is 46.7. The number of hydrogen-bond donors (Lipinski definition) is 2. The number of aliphatic carboxylic acids is 2. The maximum Gasteiger partial charge on any atom is 0.307 e. The Morgan fingerprint density at radius 1 is 0.725 bits per heavy atom. The van der Waals surface area contributed by atoms with Gasteiger partial charge in [-0.15, -0.1) is 13.2 Å². The van der Waals surface area contributed by atoms with E-state index < -0.39 is 35.0 Å². The van der Waals surface area contributed by atoms with Crippen molar-refractivity contribution in [2.45, 2.75) is 115 Å². The molecule has 0 aromatic heterocycles. The van der Waals surface area contributed by atoms with Crippen molar-refractivity contribution in [2.75, 3.05) is 0 Å². The molecule has 0 unspecified atom stereocenters. The number of carbonyl (C=O) groups excluding carboxylic acids is 2. The summed E-state index contributed by atoms with van der Waals surface area (Å²) in [6.45, 7) is 11.2. The van der Waals surface area contributed by atoms with Gasteiger partial charge >= 0.3 is 23.9 Å². The van der Waals surface area contributed by atoms with Gasteiger partial charge < -0.3 is 19.7 Å². The van der Waals surface area contributed by atoms with E-state index in [9.17, 15) is 29.4 Å². The van der Waals surface area contributed by atoms with Crippen molar-refractivity contribution in [3.63, 3.8) is 0 Å². The Kier molecular flexibility index (Phi) is 11.0. The molecular formula is C32H48O8. The summed E-state index contributed by atoms with van der Waals surface area (Å²) in [6, 6.07) is 0. The highest BCUT2D eigenvalue weighted by atomic mass is 16.6. The van der Waals surface area contributed by atoms with Gasteiger partial charge in [-0.05, 0) is 77.0 Å². The van der Waals surface area contributed by atoms with Crippen LogP contribution in [0.15, 0.2) is 25.3 Å². The zero-order valence-corrected chi connectivity index (χ0v) is 24.3. The molecule has 0 aliphatic heterocycles. The Balaban J connectivity index is 0.000000220. The van der Waals surface area contributed by atoms with Gasteiger partial charge in [0, 0.05) is 11.8 Å². The molecular weight excluding hydrogens is 512 g/mol. The van der Waals surface area contributed by atoms with Gasteiger partial charge in [0.05, 0.1) is 24.7 Å². The van der Waals surface area contributed by atoms with Gasteiger partial charge in [-0.2, -0.15) is 0 Å². The molecule has 8 heteroatoms. The molecule has 0 heterocycles. The molecule has 4 saturated carbocycles. The molecule has 0 amide bonds. The molecule has 2 N–H and O–H groups in total. The highest BCUT2D eigenvalue weighted by Crippen LogP contribution is 2.50. The van der Waals surface area contributed by atoms with Gasteiger partial charge in [0.2, 0.25) is 0 Å². The maximum absolute atomic E-state index is 12.0. The van der Waals surface area contributed by atoms with Crippen LogP contribution in [-0.2, 0) is 28.7 Å². The molecule has 0 bridgehead atoms. The van der Waals surface area contributed by atoms with E-state index in [1.807, 2.05) is 26.0 Å². The minimum absolute atomic E-state index is 0.0103. The van der Waals surface area contributed by atoms with E-state index in [0.717, 1.165) is 77.0 Å². The molecule has 0 aromatic carbocycles. The number of esters is 2. The van der Waals surface area contributed by atoms with Crippen LogP contribution in [0.25, 0.3) is 0 Å². The topological polar surface area (TPSA) is 127 Å². The lowest BCUT2D eigenvalue weighted by atomic mass is 9.88. The first-order valence-corrected chi connectivity index (χ1v) is 15.0. The van der Waals surface area contributed by atoms with Crippen LogP contribution < -0.4 is 0 Å². The first-order valence-electron chi connectivity index (χ1n) is 15.0. The second kappa shape index (κ2) is 13.8. The standard InChI is InChI=1S/2C16H24O4/c2*1-3-6-12-10-16(12,2)20-14(17)9-13(15(18)19)11-7-4-5-8-11/h2*3,11-13H,1,4-10H2,2H3,(H,18,19)/t12-,13+,16-;12-,13-,16-/m10/s1. The van der Waals surface area contributed by atoms with Crippen molar-refractivity contribution in [3.05, 3.63) is 25.3 Å². The Labute approximate surface area is 238 Å². The molecule has 4 fully saturated rings. The van der Waals surface area contributed by atoms with Crippen LogP contribution in [0, 0.1) is 35.5 Å². The normalized spacial score (nSPS) is 30.8. The minimum Gasteiger partial charge on any atom is -0.481 e. The quantitative estimate of drug-likeness (QED) is 0.186. The summed E-state index contributed by atoms with van der Waals surface area (Å²) >= 11 is 0. The van der Waals surface area contributed by atoms with Crippen molar-refractivity contribution in [1.29, 1.82) is 0 Å². The van der Waals surface area contributed by atoms with Crippen LogP contribution in [0.3, 0.4) is 0 Å². The lowest BCUT2D eigenvalue weighted by molar-refractivity contribution is -0.158. The van der Waals surface area contributed by atoms with E-state index in [4.69, 9.17) is 9.47 Å². The molecule has 4 aliphatic carbocycles. The van der Waals surface area contributed by atoms with E-state index in [0.29, 0.717) is 11.8 Å². The molecule has 40 heavy (non-hydrogen) atoms. The first kappa shape index (κ1) is 31.9. The number of ether oxygens (including phenoxy) is 2. The second-order valence-electron chi connectivity index (χ2n) is 12.8. The molecule has 6 atom stereocenters. The summed E-state index contributed by atoms with van der Waals surface area (Å²) in [7, 11) is 0. The fraction of sp³-hybridized carbons (Fsp3) is 0.750. The average Bonchev–Trinajstić information content (AvgIpc) is 3.44. The second-order valence-corrected chi connectivity index (χ2v) is 12.8. The van der Waals surface area contributed by atoms with Crippen LogP contribution in [0.1, 0.15) is 104 Å². The van der Waals surface area contributed by atoms with Gasteiger partial charge in [-0.25, -0.2) is 0 Å². The molecule has 4 rings (SSSR count). The average molecular weight is 561 g/mol. The number of carboxylic acids is 2. The van der Waals surface area contributed by atoms with Gasteiger partial charge in [0.1, 0.15) is 11.2 Å². The minimum atomic E-state index is -0.863. The lowest BCUT2D eigenvalue weighted by Gasteiger charge is -2.20. The number of hydrogen-bond acceptors (Lipinski definition) is 6. The van der Waals surface area contributed by atoms with Crippen LogP contribution >= 0.6 is 0 Å². The third kappa shape index (κ3) is 8.68. The molecule has 224 valence electrons. The highest BCUT2D eigenvalue weighted by Gasteiger charge is 2.54. The van der Waals surface area contributed by atoms with Crippen molar-refractivity contribution in [2.24, 2.45) is 35.5 Å². The summed E-state index contributed by atoms with van der Waals surface area (Å²) in [5.74, 6) is -2.65. The van der Waals surface area contributed by atoms with E-state index >= 15 is 0 Å². The zero-order chi connectivity index (χ0) is 29.5. The van der Waals surface area contributed by atoms with Crippen molar-refractivity contribution < 1.29 is 38.9 Å². The van der Waals surface area contributed by atoms with E-state index in [-0.39, 0.29) is 36.6 Å². The zero-order valence-electron chi connectivity index (χ0n) is 24.3. The Bertz CT molecular complexity index is 871. The molecule has 0 saturated heterocycles. The Hall–Kier alpha value is -2.64. The number of carbonyl (C=O) groups is 4. The fourth-order valence-corrected chi connectivity index (χ4v) is 6.77. The third-order valence-corrected chi connectivity index (χ3v) is 9.65. The lowest BCUT2D eigenvalue weighted by Crippen LogP contribution is -2.28. The van der Waals surface area contributed by atoms with E-state index in [1.165, 1.54) is 0 Å². The molecule has 4 aliphatic rings. The van der Waals surface area contributed by atoms with Gasteiger partial charge in [0.25, 0.3) is 0 Å². The third-order valence-electron chi connectivity index (χ3n) is 9.65. The van der Waals surface area contributed by atoms with Crippen molar-refractivity contribution >= 4 is 23.9 Å². The molecule has 0 radical (unpaired) electrons. The Morgan fingerprint density at radius 2 is 1.05 bits per heavy atom. The molecule has 8 nitrogen and oxygen atoms in total. The summed E-state index contributed by atoms with van der Waals surface area (Å²) in [6.07, 6.45) is 15.0. The van der Waals surface area contributed by atoms with Crippen molar-refractivity contribution in [1.82, 2.24) is 0 Å². The SMILES string of the molecule is C=CC[C@@H]1C[C@@]1(C)OC(=O)C[C@H](C(=O)O)C1CCCC1.C=CC[C@H]1C[C@]1(C)OC(=O)C[C@H](C(=O)O)C1CCCC1. The largest absolute Gasteiger partial charge is 0.481 e. The number of carboxylic acid groups (broad SMARTS) is 2. The highest BCUT2D eigenvalue weighted by molar-refractivity contribution is 5.80. The molecule has 0 spiro atoms. The Morgan fingerprint density at radius 3 is 1.32 bits per heavy atom. The molecule has 0 aromatic rings. The van der Waals surface area contributed by atoms with Gasteiger partial charge in [-0.3, -0.25) is 19.2 Å². The predicted molar refractivity (Wildman–Crippen MR) is 150 cm³/mol. The van der Waals surface area contributed by atoms with Crippen LogP contribution in [-0.4, -0.2) is 45.3 Å². The maximum atomic E-state index is 12.0. The smallest absolute Gasteiger partial charge is 0.307 e. The fourth-order valence-electron chi connectivity index (χ4n) is 6.77. The predicted octanol–water partition coefficient (Wildman–Crippen LogP) is 6.33. The summed E-state index contributed by atoms with van der Waals surface area (Å²) in [5, 5.41) is 18.6. The van der Waals surface area contributed by atoms with Crippen LogP contribution in [0.2, 0.25) is 0 Å². The summed E-state index contributed by atoms with van der Waals surface area (Å²) < 4.78 is 11.0. The van der Waals surface area contributed by atoms with Crippen molar-refractivity contribution in [3.8, 4) is 0 Å². The van der Waals surface area contributed by atoms with Crippen LogP contribution in [0.5, 0.6) is 0 Å². The summed E-state index contributed by atoms with van der Waals surface area (Å²) in [5.41, 5.74) is -0.798. The number of rotatable bonds is 14. The van der Waals surface area contributed by atoms with E-state index in [1.54, 1.807) is 0 Å². The van der Waals surface area contributed by atoms with Crippen LogP contribution in [0.4, 0.5) is 0 Å². The van der Waals surface area contributed by atoms with E-state index in [2.05, 4.69) is 13.2 Å². The van der Waals surface area contributed by atoms with Gasteiger partial charge in [0.15, 0.2) is 0 Å². The number of allylic oxidation sites excluding steroid dienone is 2.